The van der Waals surface area contributed by atoms with E-state index in [0.717, 1.165) is 25.8 Å². The van der Waals surface area contributed by atoms with Crippen LogP contribution in [0.25, 0.3) is 0 Å². The second kappa shape index (κ2) is 7.70. The van der Waals surface area contributed by atoms with Crippen molar-refractivity contribution in [2.45, 2.75) is 38.1 Å². The van der Waals surface area contributed by atoms with Gasteiger partial charge in [0.2, 0.25) is 10.0 Å². The van der Waals surface area contributed by atoms with Crippen LogP contribution in [0.3, 0.4) is 0 Å². The molecule has 0 aromatic rings. The standard InChI is InChI=1S/C11H22N2O4S/c1-17-11(14)6-4-8-18(15,16)13-9-10-5-2-3-7-12-10/h10,12-13H,2-9H2,1H3. The van der Waals surface area contributed by atoms with Crippen molar-refractivity contribution in [2.24, 2.45) is 0 Å². The molecule has 1 fully saturated rings. The van der Waals surface area contributed by atoms with Crippen LogP contribution in [-0.2, 0) is 19.6 Å². The number of ether oxygens (including phenoxy) is 1. The lowest BCUT2D eigenvalue weighted by atomic mass is 10.1. The van der Waals surface area contributed by atoms with E-state index in [0.29, 0.717) is 13.0 Å². The molecule has 0 spiro atoms. The Hall–Kier alpha value is -0.660. The molecule has 1 aliphatic rings. The Labute approximate surface area is 109 Å². The highest BCUT2D eigenvalue weighted by Crippen LogP contribution is 2.06. The number of sulfonamides is 1. The van der Waals surface area contributed by atoms with Crippen LogP contribution in [0.4, 0.5) is 0 Å². The van der Waals surface area contributed by atoms with Gasteiger partial charge >= 0.3 is 5.97 Å². The number of carbonyl (C=O) groups is 1. The molecule has 0 aromatic heterocycles. The normalized spacial score (nSPS) is 20.6. The van der Waals surface area contributed by atoms with Crippen LogP contribution in [-0.4, -0.2) is 46.4 Å². The summed E-state index contributed by atoms with van der Waals surface area (Å²) in [6.07, 6.45) is 3.73. The summed E-state index contributed by atoms with van der Waals surface area (Å²) in [5.41, 5.74) is 0. The van der Waals surface area contributed by atoms with Crippen LogP contribution in [0.15, 0.2) is 0 Å². The van der Waals surface area contributed by atoms with Gasteiger partial charge in [0.05, 0.1) is 12.9 Å². The predicted molar refractivity (Wildman–Crippen MR) is 68.7 cm³/mol. The van der Waals surface area contributed by atoms with Gasteiger partial charge in [-0.1, -0.05) is 6.42 Å². The summed E-state index contributed by atoms with van der Waals surface area (Å²) in [6.45, 7) is 1.38. The van der Waals surface area contributed by atoms with Crippen LogP contribution < -0.4 is 10.0 Å². The molecule has 18 heavy (non-hydrogen) atoms. The van der Waals surface area contributed by atoms with Gasteiger partial charge in [0.1, 0.15) is 0 Å². The first-order chi connectivity index (χ1) is 8.53. The first-order valence-electron chi connectivity index (χ1n) is 6.31. The van der Waals surface area contributed by atoms with Gasteiger partial charge in [-0.2, -0.15) is 0 Å². The van der Waals surface area contributed by atoms with Crippen molar-refractivity contribution >= 4 is 16.0 Å². The Bertz CT molecular complexity index is 350. The largest absolute Gasteiger partial charge is 0.469 e. The van der Waals surface area contributed by atoms with E-state index in [1.54, 1.807) is 0 Å². The molecule has 0 bridgehead atoms. The van der Waals surface area contributed by atoms with E-state index in [9.17, 15) is 13.2 Å². The number of methoxy groups -OCH3 is 1. The zero-order chi connectivity index (χ0) is 13.4. The van der Waals surface area contributed by atoms with E-state index >= 15 is 0 Å². The first kappa shape index (κ1) is 15.4. The third-order valence-electron chi connectivity index (χ3n) is 2.98. The fourth-order valence-electron chi connectivity index (χ4n) is 1.91. The Morgan fingerprint density at radius 2 is 2.22 bits per heavy atom. The van der Waals surface area contributed by atoms with Gasteiger partial charge in [0.15, 0.2) is 0 Å². The first-order valence-corrected chi connectivity index (χ1v) is 7.96. The summed E-state index contributed by atoms with van der Waals surface area (Å²) in [5, 5.41) is 3.27. The van der Waals surface area contributed by atoms with Gasteiger partial charge in [0.25, 0.3) is 0 Å². The van der Waals surface area contributed by atoms with Crippen LogP contribution in [0, 0.1) is 0 Å². The number of carbonyl (C=O) groups excluding carboxylic acids is 1. The highest BCUT2D eigenvalue weighted by atomic mass is 32.2. The molecule has 1 unspecified atom stereocenters. The van der Waals surface area contributed by atoms with Gasteiger partial charge in [-0.05, 0) is 25.8 Å². The molecule has 0 amide bonds. The van der Waals surface area contributed by atoms with Crippen LogP contribution in [0.1, 0.15) is 32.1 Å². The molecule has 1 heterocycles. The third-order valence-corrected chi connectivity index (χ3v) is 4.42. The van der Waals surface area contributed by atoms with Crippen molar-refractivity contribution in [3.8, 4) is 0 Å². The number of piperidine rings is 1. The summed E-state index contributed by atoms with van der Waals surface area (Å²) in [6, 6.07) is 0.231. The summed E-state index contributed by atoms with van der Waals surface area (Å²) in [4.78, 5) is 10.9. The minimum Gasteiger partial charge on any atom is -0.469 e. The summed E-state index contributed by atoms with van der Waals surface area (Å²) < 4.78 is 30.3. The highest BCUT2D eigenvalue weighted by Gasteiger charge is 2.16. The van der Waals surface area contributed by atoms with E-state index in [1.807, 2.05) is 0 Å². The number of hydrogen-bond donors (Lipinski definition) is 2. The molecule has 0 saturated carbocycles. The number of nitrogens with one attached hydrogen (secondary N) is 2. The monoisotopic (exact) mass is 278 g/mol. The zero-order valence-corrected chi connectivity index (χ0v) is 11.6. The lowest BCUT2D eigenvalue weighted by Crippen LogP contribution is -2.43. The fourth-order valence-corrected chi connectivity index (χ4v) is 3.03. The zero-order valence-electron chi connectivity index (χ0n) is 10.8. The van der Waals surface area contributed by atoms with Crippen LogP contribution in [0.2, 0.25) is 0 Å². The van der Waals surface area contributed by atoms with Crippen molar-refractivity contribution in [1.29, 1.82) is 0 Å². The van der Waals surface area contributed by atoms with Gasteiger partial charge in [-0.3, -0.25) is 4.79 Å². The van der Waals surface area contributed by atoms with Crippen molar-refractivity contribution in [3.63, 3.8) is 0 Å². The number of esters is 1. The average molecular weight is 278 g/mol. The number of rotatable bonds is 7. The quantitative estimate of drug-likeness (QED) is 0.640. The van der Waals surface area contributed by atoms with Crippen molar-refractivity contribution in [1.82, 2.24) is 10.0 Å². The minimum absolute atomic E-state index is 0.0329. The van der Waals surface area contributed by atoms with Crippen molar-refractivity contribution < 1.29 is 17.9 Å². The Kier molecular flexibility index (Phi) is 6.59. The Balaban J connectivity index is 2.20. The summed E-state index contributed by atoms with van der Waals surface area (Å²) >= 11 is 0. The third kappa shape index (κ3) is 6.32. The summed E-state index contributed by atoms with van der Waals surface area (Å²) in [5.74, 6) is -0.409. The second-order valence-corrected chi connectivity index (χ2v) is 6.42. The predicted octanol–water partition coefficient (Wildman–Crippen LogP) is 0.00110. The number of hydrogen-bond acceptors (Lipinski definition) is 5. The molecular formula is C11H22N2O4S. The Morgan fingerprint density at radius 1 is 1.44 bits per heavy atom. The smallest absolute Gasteiger partial charge is 0.305 e. The maximum atomic E-state index is 11.7. The lowest BCUT2D eigenvalue weighted by molar-refractivity contribution is -0.140. The van der Waals surface area contributed by atoms with Crippen LogP contribution >= 0.6 is 0 Å². The molecule has 1 saturated heterocycles. The molecule has 1 rings (SSSR count). The maximum absolute atomic E-state index is 11.7. The maximum Gasteiger partial charge on any atom is 0.305 e. The molecule has 6 nitrogen and oxygen atoms in total. The van der Waals surface area contributed by atoms with Gasteiger partial charge in [-0.25, -0.2) is 13.1 Å². The van der Waals surface area contributed by atoms with E-state index < -0.39 is 10.0 Å². The molecule has 1 aliphatic heterocycles. The molecule has 2 N–H and O–H groups in total. The van der Waals surface area contributed by atoms with Crippen LogP contribution in [0.5, 0.6) is 0 Å². The van der Waals surface area contributed by atoms with Crippen molar-refractivity contribution in [3.05, 3.63) is 0 Å². The Morgan fingerprint density at radius 3 is 2.83 bits per heavy atom. The topological polar surface area (TPSA) is 84.5 Å². The van der Waals surface area contributed by atoms with E-state index in [4.69, 9.17) is 0 Å². The van der Waals surface area contributed by atoms with E-state index in [1.165, 1.54) is 7.11 Å². The average Bonchev–Trinajstić information content (AvgIpc) is 2.37. The molecular weight excluding hydrogens is 256 g/mol. The van der Waals surface area contributed by atoms with Gasteiger partial charge < -0.3 is 10.1 Å². The van der Waals surface area contributed by atoms with E-state index in [-0.39, 0.29) is 24.2 Å². The second-order valence-electron chi connectivity index (χ2n) is 4.49. The summed E-state index contributed by atoms with van der Waals surface area (Å²) in [7, 11) is -1.99. The SMILES string of the molecule is COC(=O)CCCS(=O)(=O)NCC1CCCCN1. The fraction of sp³-hybridized carbons (Fsp3) is 0.909. The molecule has 106 valence electrons. The lowest BCUT2D eigenvalue weighted by Gasteiger charge is -2.23. The van der Waals surface area contributed by atoms with Crippen molar-refractivity contribution in [2.75, 3.05) is 26.0 Å². The molecule has 0 aromatic carbocycles. The molecule has 0 radical (unpaired) electrons. The minimum atomic E-state index is -3.28. The van der Waals surface area contributed by atoms with E-state index in [2.05, 4.69) is 14.8 Å². The highest BCUT2D eigenvalue weighted by molar-refractivity contribution is 7.89. The molecule has 7 heteroatoms. The molecule has 1 atom stereocenters. The van der Waals surface area contributed by atoms with Gasteiger partial charge in [-0.15, -0.1) is 0 Å². The molecule has 0 aliphatic carbocycles. The van der Waals surface area contributed by atoms with Gasteiger partial charge in [0, 0.05) is 19.0 Å².